The molecule has 1 fully saturated rings. The molecule has 0 unspecified atom stereocenters. The zero-order chi connectivity index (χ0) is 12.1. The molecule has 92 valence electrons. The predicted octanol–water partition coefficient (Wildman–Crippen LogP) is 2.73. The Hall–Kier alpha value is -1.55. The third-order valence-electron chi connectivity index (χ3n) is 2.87. The van der Waals surface area contributed by atoms with Crippen LogP contribution < -0.4 is 4.74 Å². The second-order valence-corrected chi connectivity index (χ2v) is 4.11. The molecule has 0 heterocycles. The van der Waals surface area contributed by atoms with E-state index in [0.29, 0.717) is 11.3 Å². The summed E-state index contributed by atoms with van der Waals surface area (Å²) < 4.78 is 5.03. The molecule has 1 aliphatic carbocycles. The molecule has 0 amide bonds. The third-order valence-corrected chi connectivity index (χ3v) is 2.87. The molecule has 2 rings (SSSR count). The molecular formula is C13H16O4. The van der Waals surface area contributed by atoms with E-state index in [1.807, 2.05) is 0 Å². The first-order valence-corrected chi connectivity index (χ1v) is 5.81. The van der Waals surface area contributed by atoms with Gasteiger partial charge in [0.1, 0.15) is 11.9 Å². The summed E-state index contributed by atoms with van der Waals surface area (Å²) in [5, 5.41) is 0. The first kappa shape index (κ1) is 11.9. The highest BCUT2D eigenvalue weighted by atomic mass is 17.2. The van der Waals surface area contributed by atoms with Gasteiger partial charge < -0.3 is 4.74 Å². The molecule has 1 saturated carbocycles. The van der Waals surface area contributed by atoms with Gasteiger partial charge >= 0.3 is 5.97 Å². The Kier molecular flexibility index (Phi) is 3.98. The molecule has 0 saturated heterocycles. The maximum atomic E-state index is 11.7. The number of carbonyl (C=O) groups excluding carboxylic acids is 1. The van der Waals surface area contributed by atoms with Gasteiger partial charge in [-0.25, -0.2) is 4.79 Å². The lowest BCUT2D eigenvalue weighted by Crippen LogP contribution is -2.13. The number of hydrogen-bond donors (Lipinski definition) is 0. The summed E-state index contributed by atoms with van der Waals surface area (Å²) in [6.07, 6.45) is 4.27. The monoisotopic (exact) mass is 236 g/mol. The summed E-state index contributed by atoms with van der Waals surface area (Å²) in [5.41, 5.74) is 0.433. The van der Waals surface area contributed by atoms with Crippen molar-refractivity contribution in [2.24, 2.45) is 0 Å². The summed E-state index contributed by atoms with van der Waals surface area (Å²) in [6.45, 7) is 0. The highest BCUT2D eigenvalue weighted by Crippen LogP contribution is 2.21. The van der Waals surface area contributed by atoms with E-state index in [9.17, 15) is 4.79 Å². The van der Waals surface area contributed by atoms with Crippen LogP contribution in [-0.2, 0) is 9.78 Å². The molecule has 17 heavy (non-hydrogen) atoms. The molecule has 0 atom stereocenters. The van der Waals surface area contributed by atoms with Gasteiger partial charge in [-0.15, -0.1) is 0 Å². The molecule has 4 nitrogen and oxygen atoms in total. The Morgan fingerprint density at radius 3 is 2.76 bits per heavy atom. The van der Waals surface area contributed by atoms with Crippen LogP contribution >= 0.6 is 0 Å². The lowest BCUT2D eigenvalue weighted by Gasteiger charge is -2.09. The van der Waals surface area contributed by atoms with Crippen molar-refractivity contribution < 1.29 is 19.3 Å². The zero-order valence-corrected chi connectivity index (χ0v) is 9.85. The Labute approximate surface area is 100 Å². The minimum Gasteiger partial charge on any atom is -0.497 e. The molecule has 1 aromatic carbocycles. The fourth-order valence-electron chi connectivity index (χ4n) is 1.89. The largest absolute Gasteiger partial charge is 0.497 e. The Bertz CT molecular complexity index is 383. The van der Waals surface area contributed by atoms with Gasteiger partial charge in [-0.1, -0.05) is 18.9 Å². The van der Waals surface area contributed by atoms with E-state index in [-0.39, 0.29) is 6.10 Å². The molecule has 1 aliphatic rings. The van der Waals surface area contributed by atoms with E-state index in [2.05, 4.69) is 0 Å². The predicted molar refractivity (Wildman–Crippen MR) is 61.8 cm³/mol. The molecule has 0 aromatic heterocycles. The quantitative estimate of drug-likeness (QED) is 0.595. The van der Waals surface area contributed by atoms with Crippen LogP contribution in [0.15, 0.2) is 24.3 Å². The van der Waals surface area contributed by atoms with E-state index in [1.54, 1.807) is 31.4 Å². The topological polar surface area (TPSA) is 44.8 Å². The molecule has 1 aromatic rings. The smallest absolute Gasteiger partial charge is 0.373 e. The summed E-state index contributed by atoms with van der Waals surface area (Å²) in [4.78, 5) is 21.6. The SMILES string of the molecule is COc1cccc(C(=O)OOC2CCCC2)c1. The fraction of sp³-hybridized carbons (Fsp3) is 0.462. The van der Waals surface area contributed by atoms with Crippen LogP contribution in [-0.4, -0.2) is 19.2 Å². The van der Waals surface area contributed by atoms with Crippen molar-refractivity contribution in [1.82, 2.24) is 0 Å². The van der Waals surface area contributed by atoms with Crippen molar-refractivity contribution in [2.45, 2.75) is 31.8 Å². The number of ether oxygens (including phenoxy) is 1. The lowest BCUT2D eigenvalue weighted by atomic mass is 10.2. The Morgan fingerprint density at radius 1 is 1.29 bits per heavy atom. The number of hydrogen-bond acceptors (Lipinski definition) is 4. The van der Waals surface area contributed by atoms with Gasteiger partial charge in [0.2, 0.25) is 0 Å². The third kappa shape index (κ3) is 3.20. The molecule has 0 N–H and O–H groups in total. The molecule has 0 radical (unpaired) electrons. The van der Waals surface area contributed by atoms with E-state index >= 15 is 0 Å². The average molecular weight is 236 g/mol. The van der Waals surface area contributed by atoms with Crippen LogP contribution in [0.4, 0.5) is 0 Å². The van der Waals surface area contributed by atoms with Gasteiger partial charge in [0, 0.05) is 0 Å². The number of carbonyl (C=O) groups is 1. The fourth-order valence-corrected chi connectivity index (χ4v) is 1.89. The van der Waals surface area contributed by atoms with Crippen molar-refractivity contribution in [2.75, 3.05) is 7.11 Å². The van der Waals surface area contributed by atoms with Crippen LogP contribution in [0.5, 0.6) is 5.75 Å². The van der Waals surface area contributed by atoms with E-state index in [4.69, 9.17) is 14.5 Å². The normalized spacial score (nSPS) is 15.8. The van der Waals surface area contributed by atoms with E-state index in [0.717, 1.165) is 25.7 Å². The molecule has 0 spiro atoms. The van der Waals surface area contributed by atoms with Crippen LogP contribution in [0.3, 0.4) is 0 Å². The Balaban J connectivity index is 1.89. The lowest BCUT2D eigenvalue weighted by molar-refractivity contribution is -0.272. The van der Waals surface area contributed by atoms with Crippen molar-refractivity contribution in [3.63, 3.8) is 0 Å². The first-order valence-electron chi connectivity index (χ1n) is 5.81. The van der Waals surface area contributed by atoms with Gasteiger partial charge in [-0.05, 0) is 31.0 Å². The first-order chi connectivity index (χ1) is 8.29. The second-order valence-electron chi connectivity index (χ2n) is 4.11. The molecular weight excluding hydrogens is 220 g/mol. The zero-order valence-electron chi connectivity index (χ0n) is 9.85. The van der Waals surface area contributed by atoms with Crippen molar-refractivity contribution in [3.8, 4) is 5.75 Å². The minimum atomic E-state index is -0.476. The van der Waals surface area contributed by atoms with Crippen molar-refractivity contribution in [1.29, 1.82) is 0 Å². The standard InChI is InChI=1S/C13H16O4/c1-15-12-8-4-5-10(9-12)13(14)17-16-11-6-2-3-7-11/h4-5,8-9,11H,2-3,6-7H2,1H3. The summed E-state index contributed by atoms with van der Waals surface area (Å²) in [5.74, 6) is 0.149. The van der Waals surface area contributed by atoms with Gasteiger partial charge in [-0.3, -0.25) is 4.89 Å². The van der Waals surface area contributed by atoms with E-state index < -0.39 is 5.97 Å². The van der Waals surface area contributed by atoms with Crippen molar-refractivity contribution >= 4 is 5.97 Å². The van der Waals surface area contributed by atoms with Crippen LogP contribution in [0.2, 0.25) is 0 Å². The van der Waals surface area contributed by atoms with Gasteiger partial charge in [0.05, 0.1) is 12.7 Å². The summed E-state index contributed by atoms with van der Waals surface area (Å²) in [6, 6.07) is 6.81. The second kappa shape index (κ2) is 5.68. The van der Waals surface area contributed by atoms with Crippen molar-refractivity contribution in [3.05, 3.63) is 29.8 Å². The minimum absolute atomic E-state index is 0.0598. The van der Waals surface area contributed by atoms with Crippen LogP contribution in [0.1, 0.15) is 36.0 Å². The molecule has 4 heteroatoms. The molecule has 0 aliphatic heterocycles. The van der Waals surface area contributed by atoms with Crippen LogP contribution in [0, 0.1) is 0 Å². The average Bonchev–Trinajstić information content (AvgIpc) is 2.89. The summed E-state index contributed by atoms with van der Waals surface area (Å²) in [7, 11) is 1.56. The number of rotatable bonds is 4. The maximum absolute atomic E-state index is 11.7. The van der Waals surface area contributed by atoms with Gasteiger partial charge in [0.15, 0.2) is 0 Å². The highest BCUT2D eigenvalue weighted by molar-refractivity contribution is 5.89. The van der Waals surface area contributed by atoms with Crippen LogP contribution in [0.25, 0.3) is 0 Å². The maximum Gasteiger partial charge on any atom is 0.373 e. The van der Waals surface area contributed by atoms with Gasteiger partial charge in [-0.2, -0.15) is 4.89 Å². The summed E-state index contributed by atoms with van der Waals surface area (Å²) >= 11 is 0. The van der Waals surface area contributed by atoms with Gasteiger partial charge in [0.25, 0.3) is 0 Å². The number of methoxy groups -OCH3 is 1. The highest BCUT2D eigenvalue weighted by Gasteiger charge is 2.19. The molecule has 0 bridgehead atoms. The van der Waals surface area contributed by atoms with E-state index in [1.165, 1.54) is 0 Å². The number of benzene rings is 1. The Morgan fingerprint density at radius 2 is 2.06 bits per heavy atom.